The van der Waals surface area contributed by atoms with Gasteiger partial charge in [0.25, 0.3) is 0 Å². The maximum Gasteiger partial charge on any atom is 0.00925 e. The summed E-state index contributed by atoms with van der Waals surface area (Å²) in [6.45, 7) is 12.8. The third kappa shape index (κ3) is 6.76. The van der Waals surface area contributed by atoms with Gasteiger partial charge in [-0.05, 0) is 63.6 Å². The Labute approximate surface area is 121 Å². The third-order valence-electron chi connectivity index (χ3n) is 4.66. The standard InChI is InChI=1S/C17H36N2/c1-6-16-7-9-17(10-8-16)19(5)13-15(4)12-18-11-14(2)3/h14-18H,6-13H2,1-5H3. The Morgan fingerprint density at radius 3 is 2.21 bits per heavy atom. The molecule has 1 fully saturated rings. The van der Waals surface area contributed by atoms with Crippen LogP contribution in [-0.2, 0) is 0 Å². The fraction of sp³-hybridized carbons (Fsp3) is 1.00. The molecule has 1 atom stereocenters. The molecule has 0 amide bonds. The van der Waals surface area contributed by atoms with Crippen LogP contribution in [0.5, 0.6) is 0 Å². The van der Waals surface area contributed by atoms with Gasteiger partial charge in [-0.1, -0.05) is 34.1 Å². The minimum atomic E-state index is 0.757. The lowest BCUT2D eigenvalue weighted by molar-refractivity contribution is 0.146. The molecule has 0 aliphatic heterocycles. The second kappa shape index (κ2) is 8.97. The van der Waals surface area contributed by atoms with Crippen molar-refractivity contribution in [3.05, 3.63) is 0 Å². The van der Waals surface area contributed by atoms with Crippen LogP contribution in [0.4, 0.5) is 0 Å². The Morgan fingerprint density at radius 1 is 1.05 bits per heavy atom. The molecule has 1 unspecified atom stereocenters. The SMILES string of the molecule is CCC1CCC(N(C)CC(C)CNCC(C)C)CC1. The molecule has 1 rings (SSSR count). The summed E-state index contributed by atoms with van der Waals surface area (Å²) in [5.74, 6) is 2.52. The quantitative estimate of drug-likeness (QED) is 0.721. The number of nitrogens with zero attached hydrogens (tertiary/aromatic N) is 1. The smallest absolute Gasteiger partial charge is 0.00925 e. The van der Waals surface area contributed by atoms with E-state index in [9.17, 15) is 0 Å². The molecule has 1 aliphatic rings. The second-order valence-electron chi connectivity index (χ2n) is 7.18. The zero-order valence-electron chi connectivity index (χ0n) is 13.9. The summed E-state index contributed by atoms with van der Waals surface area (Å²) in [7, 11) is 2.33. The van der Waals surface area contributed by atoms with E-state index in [2.05, 4.69) is 45.0 Å². The molecule has 0 bridgehead atoms. The van der Waals surface area contributed by atoms with Gasteiger partial charge in [0.15, 0.2) is 0 Å². The van der Waals surface area contributed by atoms with Gasteiger partial charge in [-0.15, -0.1) is 0 Å². The van der Waals surface area contributed by atoms with Gasteiger partial charge in [0, 0.05) is 12.6 Å². The van der Waals surface area contributed by atoms with Gasteiger partial charge in [-0.3, -0.25) is 0 Å². The van der Waals surface area contributed by atoms with E-state index in [-0.39, 0.29) is 0 Å². The van der Waals surface area contributed by atoms with Gasteiger partial charge < -0.3 is 10.2 Å². The fourth-order valence-electron chi connectivity index (χ4n) is 3.32. The van der Waals surface area contributed by atoms with Gasteiger partial charge in [0.1, 0.15) is 0 Å². The number of hydrogen-bond donors (Lipinski definition) is 1. The van der Waals surface area contributed by atoms with E-state index in [0.29, 0.717) is 0 Å². The first-order chi connectivity index (χ1) is 9.02. The molecule has 2 nitrogen and oxygen atoms in total. The van der Waals surface area contributed by atoms with E-state index in [1.165, 1.54) is 38.6 Å². The summed E-state index contributed by atoms with van der Waals surface area (Å²) < 4.78 is 0. The van der Waals surface area contributed by atoms with Gasteiger partial charge in [-0.25, -0.2) is 0 Å². The maximum absolute atomic E-state index is 3.58. The van der Waals surface area contributed by atoms with Crippen molar-refractivity contribution >= 4 is 0 Å². The van der Waals surface area contributed by atoms with Crippen LogP contribution in [0.1, 0.15) is 59.8 Å². The van der Waals surface area contributed by atoms with Crippen LogP contribution in [0.3, 0.4) is 0 Å². The largest absolute Gasteiger partial charge is 0.316 e. The molecule has 2 heteroatoms. The molecule has 0 aromatic carbocycles. The van der Waals surface area contributed by atoms with Crippen molar-refractivity contribution in [3.63, 3.8) is 0 Å². The summed E-state index contributed by atoms with van der Waals surface area (Å²) >= 11 is 0. The van der Waals surface area contributed by atoms with E-state index in [1.54, 1.807) is 0 Å². The highest BCUT2D eigenvalue weighted by molar-refractivity contribution is 4.78. The van der Waals surface area contributed by atoms with Crippen LogP contribution in [0, 0.1) is 17.8 Å². The Balaban J connectivity index is 2.17. The van der Waals surface area contributed by atoms with Gasteiger partial charge in [0.05, 0.1) is 0 Å². The summed E-state index contributed by atoms with van der Waals surface area (Å²) in [5, 5.41) is 3.58. The molecule has 1 saturated carbocycles. The first-order valence-electron chi connectivity index (χ1n) is 8.43. The zero-order valence-corrected chi connectivity index (χ0v) is 13.9. The first-order valence-corrected chi connectivity index (χ1v) is 8.43. The molecule has 1 aliphatic carbocycles. The zero-order chi connectivity index (χ0) is 14.3. The highest BCUT2D eigenvalue weighted by Crippen LogP contribution is 2.29. The number of nitrogens with one attached hydrogen (secondary N) is 1. The Kier molecular flexibility index (Phi) is 8.01. The molecular formula is C17H36N2. The van der Waals surface area contributed by atoms with Crippen molar-refractivity contribution in [2.24, 2.45) is 17.8 Å². The van der Waals surface area contributed by atoms with Crippen molar-refractivity contribution < 1.29 is 0 Å². The van der Waals surface area contributed by atoms with Crippen molar-refractivity contribution in [2.45, 2.75) is 65.8 Å². The minimum Gasteiger partial charge on any atom is -0.316 e. The molecule has 1 N–H and O–H groups in total. The van der Waals surface area contributed by atoms with Crippen LogP contribution < -0.4 is 5.32 Å². The molecule has 19 heavy (non-hydrogen) atoms. The molecule has 0 aromatic rings. The highest BCUT2D eigenvalue weighted by atomic mass is 15.1. The average molecular weight is 268 g/mol. The summed E-state index contributed by atoms with van der Waals surface area (Å²) in [6, 6.07) is 0.843. The van der Waals surface area contributed by atoms with E-state index < -0.39 is 0 Å². The van der Waals surface area contributed by atoms with Crippen LogP contribution in [-0.4, -0.2) is 37.6 Å². The van der Waals surface area contributed by atoms with Crippen molar-refractivity contribution in [1.29, 1.82) is 0 Å². The normalized spacial score (nSPS) is 26.1. The van der Waals surface area contributed by atoms with E-state index in [4.69, 9.17) is 0 Å². The monoisotopic (exact) mass is 268 g/mol. The summed E-state index contributed by atoms with van der Waals surface area (Å²) in [4.78, 5) is 2.62. The Morgan fingerprint density at radius 2 is 1.68 bits per heavy atom. The molecule has 0 aromatic heterocycles. The fourth-order valence-corrected chi connectivity index (χ4v) is 3.32. The van der Waals surface area contributed by atoms with Crippen molar-refractivity contribution in [1.82, 2.24) is 10.2 Å². The molecule has 0 saturated heterocycles. The predicted octanol–water partition coefficient (Wildman–Crippen LogP) is 3.77. The van der Waals surface area contributed by atoms with E-state index in [1.807, 2.05) is 0 Å². The molecule has 114 valence electrons. The lowest BCUT2D eigenvalue weighted by Gasteiger charge is -2.35. The molecule has 0 radical (unpaired) electrons. The third-order valence-corrected chi connectivity index (χ3v) is 4.66. The van der Waals surface area contributed by atoms with Gasteiger partial charge in [-0.2, -0.15) is 0 Å². The van der Waals surface area contributed by atoms with Gasteiger partial charge in [0.2, 0.25) is 0 Å². The molecular weight excluding hydrogens is 232 g/mol. The predicted molar refractivity (Wildman–Crippen MR) is 85.5 cm³/mol. The summed E-state index contributed by atoms with van der Waals surface area (Å²) in [5.41, 5.74) is 0. The van der Waals surface area contributed by atoms with Crippen molar-refractivity contribution in [2.75, 3.05) is 26.7 Å². The van der Waals surface area contributed by atoms with Crippen LogP contribution in [0.25, 0.3) is 0 Å². The lowest BCUT2D eigenvalue weighted by atomic mass is 9.84. The maximum atomic E-state index is 3.58. The summed E-state index contributed by atoms with van der Waals surface area (Å²) in [6.07, 6.45) is 7.12. The van der Waals surface area contributed by atoms with Gasteiger partial charge >= 0.3 is 0 Å². The van der Waals surface area contributed by atoms with E-state index in [0.717, 1.165) is 36.9 Å². The molecule has 0 heterocycles. The Bertz CT molecular complexity index is 219. The van der Waals surface area contributed by atoms with Crippen LogP contribution in [0.2, 0.25) is 0 Å². The van der Waals surface area contributed by atoms with E-state index >= 15 is 0 Å². The molecule has 0 spiro atoms. The number of hydrogen-bond acceptors (Lipinski definition) is 2. The first kappa shape index (κ1) is 17.0. The Hall–Kier alpha value is -0.0800. The van der Waals surface area contributed by atoms with Crippen LogP contribution in [0.15, 0.2) is 0 Å². The lowest BCUT2D eigenvalue weighted by Crippen LogP contribution is -2.40. The second-order valence-corrected chi connectivity index (χ2v) is 7.18. The topological polar surface area (TPSA) is 15.3 Å². The average Bonchev–Trinajstić information content (AvgIpc) is 2.38. The van der Waals surface area contributed by atoms with Crippen LogP contribution >= 0.6 is 0 Å². The highest BCUT2D eigenvalue weighted by Gasteiger charge is 2.23. The minimum absolute atomic E-state index is 0.757. The number of rotatable bonds is 8. The van der Waals surface area contributed by atoms with Crippen molar-refractivity contribution in [3.8, 4) is 0 Å².